The molecule has 2 saturated heterocycles. The highest BCUT2D eigenvalue weighted by atomic mass is 16.7. The van der Waals surface area contributed by atoms with Crippen LogP contribution in [0.25, 0.3) is 0 Å². The second-order valence-electron chi connectivity index (χ2n) is 14.8. The number of carboxylic acid groups (broad SMARTS) is 1. The number of aliphatic hydroxyl groups excluding tert-OH is 1. The molecule has 0 unspecified atom stereocenters. The number of nitrogens with one attached hydrogen (secondary N) is 2. The number of piperidine rings is 1. The summed E-state index contributed by atoms with van der Waals surface area (Å²) in [6, 6.07) is 15.8. The molecule has 0 bridgehead atoms. The highest BCUT2D eigenvalue weighted by Crippen LogP contribution is 2.42. The molecule has 10 nitrogen and oxygen atoms in total. The van der Waals surface area contributed by atoms with E-state index in [2.05, 4.69) is 15.5 Å². The Kier molecular flexibility index (Phi) is 12.3. The summed E-state index contributed by atoms with van der Waals surface area (Å²) < 4.78 is 13.3. The van der Waals surface area contributed by atoms with Crippen molar-refractivity contribution in [3.63, 3.8) is 0 Å². The van der Waals surface area contributed by atoms with E-state index in [-0.39, 0.29) is 55.1 Å². The van der Waals surface area contributed by atoms with Crippen LogP contribution in [0.4, 0.5) is 0 Å². The zero-order chi connectivity index (χ0) is 34.3. The number of likely N-dealkylation sites (tertiary alicyclic amines) is 1. The Morgan fingerprint density at radius 3 is 2.25 bits per heavy atom. The van der Waals surface area contributed by atoms with Gasteiger partial charge in [-0.15, -0.1) is 0 Å². The smallest absolute Gasteiger partial charge is 0.303 e. The van der Waals surface area contributed by atoms with Crippen molar-refractivity contribution in [2.75, 3.05) is 6.54 Å². The van der Waals surface area contributed by atoms with E-state index in [9.17, 15) is 19.5 Å². The van der Waals surface area contributed by atoms with Crippen LogP contribution in [0.15, 0.2) is 48.5 Å². The number of carbonyl (C=O) groups is 3. The first-order valence-corrected chi connectivity index (χ1v) is 17.6. The lowest BCUT2D eigenvalue weighted by Crippen LogP contribution is -2.61. The van der Waals surface area contributed by atoms with Gasteiger partial charge >= 0.3 is 5.97 Å². The van der Waals surface area contributed by atoms with E-state index < -0.39 is 12.3 Å². The fourth-order valence-corrected chi connectivity index (χ4v) is 7.48. The molecule has 3 aliphatic rings. The van der Waals surface area contributed by atoms with E-state index in [0.29, 0.717) is 37.9 Å². The highest BCUT2D eigenvalue weighted by molar-refractivity contribution is 5.82. The Bertz CT molecular complexity index is 1370. The van der Waals surface area contributed by atoms with Crippen LogP contribution in [-0.2, 0) is 37.0 Å². The molecule has 2 aromatic rings. The molecule has 2 aliphatic heterocycles. The lowest BCUT2D eigenvalue weighted by molar-refractivity contribution is -0.255. The lowest BCUT2D eigenvalue weighted by atomic mass is 9.75. The van der Waals surface area contributed by atoms with E-state index >= 15 is 0 Å². The summed E-state index contributed by atoms with van der Waals surface area (Å²) in [5.74, 6) is -0.391. The largest absolute Gasteiger partial charge is 0.481 e. The van der Waals surface area contributed by atoms with Crippen molar-refractivity contribution in [3.8, 4) is 0 Å². The van der Waals surface area contributed by atoms with Gasteiger partial charge in [0.25, 0.3) is 0 Å². The molecule has 4 N–H and O–H groups in total. The highest BCUT2D eigenvalue weighted by Gasteiger charge is 2.44. The predicted octanol–water partition coefficient (Wildman–Crippen LogP) is 5.53. The maximum atomic E-state index is 13.7. The number of fused-ring (bicyclic) bond motifs is 1. The summed E-state index contributed by atoms with van der Waals surface area (Å²) in [6.45, 7) is 7.05. The van der Waals surface area contributed by atoms with Crippen LogP contribution in [0.3, 0.4) is 0 Å². The van der Waals surface area contributed by atoms with Crippen molar-refractivity contribution < 1.29 is 34.1 Å². The van der Waals surface area contributed by atoms with Crippen LogP contribution in [0.5, 0.6) is 0 Å². The number of carbonyl (C=O) groups excluding carboxylic acids is 2. The van der Waals surface area contributed by atoms with Crippen molar-refractivity contribution in [2.24, 2.45) is 5.92 Å². The first kappa shape index (κ1) is 36.0. The fraction of sp³-hybridized carbons (Fsp3) is 0.605. The van der Waals surface area contributed by atoms with Crippen LogP contribution >= 0.6 is 0 Å². The second-order valence-corrected chi connectivity index (χ2v) is 14.8. The average Bonchev–Trinajstić information content (AvgIpc) is 3.06. The standard InChI is InChI=1S/C38H53N3O7/c1-38(2,3)40-36(46)32-20-19-27-7-4-5-8-31(27)41(32)23-30-21-33(28-15-13-26(24-42)14-16-28)48-37(47-30)29-17-11-25(12-18-29)22-39-34(43)9-6-10-35(44)45/h11-18,27,30-33,37,42H,4-10,19-24H2,1-3H3,(H,39,43)(H,40,46)(H,44,45)/t27-,30+,31-,32-,33-,37-/m1/s1. The first-order chi connectivity index (χ1) is 23.0. The van der Waals surface area contributed by atoms with E-state index in [1.807, 2.05) is 69.3 Å². The number of nitrogens with zero attached hydrogens (tertiary/aromatic N) is 1. The SMILES string of the molecule is CC(C)(C)NC(=O)[C@H]1CC[C@H]2CCCC[C@H]2N1C[C@@H]1C[C@H](c2ccc(CO)cc2)O[C@H](c2ccc(CNC(=O)CCCC(=O)O)cc2)O1. The number of ether oxygens (including phenoxy) is 2. The van der Waals surface area contributed by atoms with Crippen molar-refractivity contribution in [3.05, 3.63) is 70.8 Å². The van der Waals surface area contributed by atoms with Gasteiger partial charge < -0.3 is 30.3 Å². The minimum atomic E-state index is -0.905. The monoisotopic (exact) mass is 663 g/mol. The molecule has 0 aromatic heterocycles. The van der Waals surface area contributed by atoms with Gasteiger partial charge in [0.1, 0.15) is 0 Å². The molecule has 2 amide bonds. The maximum absolute atomic E-state index is 13.7. The molecule has 10 heteroatoms. The normalized spacial score (nSPS) is 26.3. The number of carboxylic acids is 1. The zero-order valence-corrected chi connectivity index (χ0v) is 28.7. The van der Waals surface area contributed by atoms with Crippen molar-refractivity contribution in [1.29, 1.82) is 0 Å². The topological polar surface area (TPSA) is 137 Å². The fourth-order valence-electron chi connectivity index (χ4n) is 7.48. The Morgan fingerprint density at radius 2 is 1.56 bits per heavy atom. The van der Waals surface area contributed by atoms with Gasteiger partial charge in [-0.2, -0.15) is 0 Å². The number of rotatable bonds is 12. The molecule has 48 heavy (non-hydrogen) atoms. The van der Waals surface area contributed by atoms with E-state index in [4.69, 9.17) is 14.6 Å². The zero-order valence-electron chi connectivity index (χ0n) is 28.7. The predicted molar refractivity (Wildman–Crippen MR) is 182 cm³/mol. The number of benzene rings is 2. The Balaban J connectivity index is 1.33. The van der Waals surface area contributed by atoms with Crippen LogP contribution in [-0.4, -0.2) is 63.2 Å². The number of amides is 2. The maximum Gasteiger partial charge on any atom is 0.303 e. The average molecular weight is 664 g/mol. The summed E-state index contributed by atoms with van der Waals surface area (Å²) in [7, 11) is 0. The van der Waals surface area contributed by atoms with Gasteiger partial charge in [-0.1, -0.05) is 61.4 Å². The van der Waals surface area contributed by atoms with Gasteiger partial charge in [-0.25, -0.2) is 0 Å². The van der Waals surface area contributed by atoms with Gasteiger partial charge in [0.15, 0.2) is 6.29 Å². The van der Waals surface area contributed by atoms with E-state index in [1.165, 1.54) is 19.3 Å². The Hall–Kier alpha value is -3.31. The molecule has 3 fully saturated rings. The summed E-state index contributed by atoms with van der Waals surface area (Å²) in [5.41, 5.74) is 3.33. The molecule has 262 valence electrons. The molecule has 2 aromatic carbocycles. The third-order valence-corrected chi connectivity index (χ3v) is 9.87. The molecule has 0 spiro atoms. The quantitative estimate of drug-likeness (QED) is 0.233. The summed E-state index contributed by atoms with van der Waals surface area (Å²) in [5, 5.41) is 24.5. The van der Waals surface area contributed by atoms with E-state index in [1.54, 1.807) is 0 Å². The Labute approximate surface area is 284 Å². The van der Waals surface area contributed by atoms with Crippen molar-refractivity contribution in [1.82, 2.24) is 15.5 Å². The first-order valence-electron chi connectivity index (χ1n) is 17.6. The van der Waals surface area contributed by atoms with Crippen molar-refractivity contribution in [2.45, 2.75) is 134 Å². The molecular formula is C38H53N3O7. The minimum Gasteiger partial charge on any atom is -0.481 e. The molecule has 0 radical (unpaired) electrons. The van der Waals surface area contributed by atoms with Crippen LogP contribution in [0.1, 0.15) is 120 Å². The van der Waals surface area contributed by atoms with Gasteiger partial charge in [0.05, 0.1) is 24.9 Å². The summed E-state index contributed by atoms with van der Waals surface area (Å²) >= 11 is 0. The van der Waals surface area contributed by atoms with Gasteiger partial charge in [-0.05, 0) is 75.5 Å². The summed E-state index contributed by atoms with van der Waals surface area (Å²) in [6.07, 6.45) is 6.72. The number of aliphatic carboxylic acids is 1. The van der Waals surface area contributed by atoms with Gasteiger partial charge in [0.2, 0.25) is 11.8 Å². The molecule has 6 atom stereocenters. The molecule has 5 rings (SSSR count). The number of aliphatic hydroxyl groups is 1. The Morgan fingerprint density at radius 1 is 0.875 bits per heavy atom. The molecule has 1 aliphatic carbocycles. The number of hydrogen-bond acceptors (Lipinski definition) is 7. The number of hydrogen-bond donors (Lipinski definition) is 4. The van der Waals surface area contributed by atoms with E-state index in [0.717, 1.165) is 41.5 Å². The molecule has 2 heterocycles. The third kappa shape index (κ3) is 9.87. The minimum absolute atomic E-state index is 0.0230. The third-order valence-electron chi connectivity index (χ3n) is 9.87. The van der Waals surface area contributed by atoms with Gasteiger partial charge in [-0.3, -0.25) is 19.3 Å². The summed E-state index contributed by atoms with van der Waals surface area (Å²) in [4.78, 5) is 39.0. The molecule has 1 saturated carbocycles. The van der Waals surface area contributed by atoms with Crippen LogP contribution in [0, 0.1) is 5.92 Å². The van der Waals surface area contributed by atoms with Crippen LogP contribution < -0.4 is 10.6 Å². The van der Waals surface area contributed by atoms with Gasteiger partial charge in [0, 0.05) is 49.5 Å². The second kappa shape index (κ2) is 16.4. The molecular weight excluding hydrogens is 610 g/mol. The van der Waals surface area contributed by atoms with Crippen molar-refractivity contribution >= 4 is 17.8 Å². The lowest BCUT2D eigenvalue weighted by Gasteiger charge is -2.50. The van der Waals surface area contributed by atoms with Crippen LogP contribution in [0.2, 0.25) is 0 Å².